The number of anilines is 2. The summed E-state index contributed by atoms with van der Waals surface area (Å²) < 4.78 is 6.52. The van der Waals surface area contributed by atoms with Gasteiger partial charge in [0.05, 0.1) is 22.8 Å². The van der Waals surface area contributed by atoms with Crippen LogP contribution in [0.4, 0.5) is 11.4 Å². The predicted molar refractivity (Wildman–Crippen MR) is 115 cm³/mol. The molecule has 0 saturated carbocycles. The SMILES string of the molecule is CCN(C)c1cc(-c2cccc(OC)c2)nn(-c2c(Cl)cc(N)cc2Cl)c1=O. The molecule has 0 unspecified atom stereocenters. The zero-order valence-corrected chi connectivity index (χ0v) is 17.3. The third kappa shape index (κ3) is 3.79. The molecule has 0 saturated heterocycles. The maximum Gasteiger partial charge on any atom is 0.295 e. The molecular formula is C20H20Cl2N4O2. The van der Waals surface area contributed by atoms with E-state index in [4.69, 9.17) is 33.7 Å². The number of rotatable bonds is 5. The van der Waals surface area contributed by atoms with Gasteiger partial charge in [-0.3, -0.25) is 4.79 Å². The van der Waals surface area contributed by atoms with E-state index >= 15 is 0 Å². The highest BCUT2D eigenvalue weighted by atomic mass is 35.5. The van der Waals surface area contributed by atoms with Gasteiger partial charge in [-0.1, -0.05) is 35.3 Å². The maximum atomic E-state index is 13.2. The predicted octanol–water partition coefficient (Wildman–Crippen LogP) is 4.25. The molecule has 8 heteroatoms. The van der Waals surface area contributed by atoms with Gasteiger partial charge in [0.2, 0.25) is 0 Å². The minimum atomic E-state index is -0.329. The average Bonchev–Trinajstić information content (AvgIpc) is 2.67. The van der Waals surface area contributed by atoms with Crippen LogP contribution in [-0.2, 0) is 0 Å². The molecule has 0 bridgehead atoms. The normalized spacial score (nSPS) is 10.8. The van der Waals surface area contributed by atoms with E-state index in [0.29, 0.717) is 29.4 Å². The van der Waals surface area contributed by atoms with Crippen molar-refractivity contribution >= 4 is 34.6 Å². The van der Waals surface area contributed by atoms with Crippen LogP contribution in [0.2, 0.25) is 10.0 Å². The standard InChI is InChI=1S/C20H20Cl2N4O2/c1-4-25(2)18-11-17(12-6-5-7-14(8-12)28-3)24-26(20(18)27)19-15(21)9-13(23)10-16(19)22/h5-11H,4,23H2,1-3H3. The van der Waals surface area contributed by atoms with Crippen molar-refractivity contribution < 1.29 is 4.74 Å². The Balaban J connectivity index is 2.33. The monoisotopic (exact) mass is 418 g/mol. The third-order valence-electron chi connectivity index (χ3n) is 4.39. The van der Waals surface area contributed by atoms with Crippen LogP contribution >= 0.6 is 23.2 Å². The van der Waals surface area contributed by atoms with Crippen LogP contribution in [0.3, 0.4) is 0 Å². The quantitative estimate of drug-likeness (QED) is 0.626. The number of nitrogen functional groups attached to an aromatic ring is 1. The second-order valence-electron chi connectivity index (χ2n) is 6.21. The fourth-order valence-electron chi connectivity index (χ4n) is 2.79. The molecule has 0 fully saturated rings. The molecule has 146 valence electrons. The molecule has 3 aromatic rings. The van der Waals surface area contributed by atoms with Crippen LogP contribution in [0.25, 0.3) is 16.9 Å². The second kappa shape index (κ2) is 8.12. The van der Waals surface area contributed by atoms with E-state index in [9.17, 15) is 4.79 Å². The Hall–Kier alpha value is -2.70. The summed E-state index contributed by atoms with van der Waals surface area (Å²) in [5.74, 6) is 0.686. The molecule has 0 aliphatic rings. The Labute approximate surface area is 173 Å². The summed E-state index contributed by atoms with van der Waals surface area (Å²) in [6, 6.07) is 12.3. The number of nitrogens with two attached hydrogens (primary N) is 1. The van der Waals surface area contributed by atoms with Crippen molar-refractivity contribution in [3.63, 3.8) is 0 Å². The lowest BCUT2D eigenvalue weighted by molar-refractivity contribution is 0.415. The number of nitrogens with zero attached hydrogens (tertiary/aromatic N) is 3. The van der Waals surface area contributed by atoms with Crippen molar-refractivity contribution in [2.75, 3.05) is 31.3 Å². The summed E-state index contributed by atoms with van der Waals surface area (Å²) in [7, 11) is 3.43. The molecule has 2 N–H and O–H groups in total. The number of aromatic nitrogens is 2. The number of methoxy groups -OCH3 is 1. The minimum Gasteiger partial charge on any atom is -0.497 e. The van der Waals surface area contributed by atoms with Crippen LogP contribution < -0.4 is 20.9 Å². The van der Waals surface area contributed by atoms with E-state index in [1.165, 1.54) is 16.8 Å². The molecule has 0 aliphatic carbocycles. The van der Waals surface area contributed by atoms with E-state index in [1.54, 1.807) is 13.2 Å². The number of hydrogen-bond donors (Lipinski definition) is 1. The van der Waals surface area contributed by atoms with E-state index in [1.807, 2.05) is 43.1 Å². The van der Waals surface area contributed by atoms with E-state index in [2.05, 4.69) is 5.10 Å². The largest absolute Gasteiger partial charge is 0.497 e. The Morgan fingerprint density at radius 3 is 2.46 bits per heavy atom. The Kier molecular flexibility index (Phi) is 5.82. The summed E-state index contributed by atoms with van der Waals surface area (Å²) in [4.78, 5) is 15.0. The Morgan fingerprint density at radius 2 is 1.86 bits per heavy atom. The summed E-state index contributed by atoms with van der Waals surface area (Å²) in [5, 5.41) is 5.02. The lowest BCUT2D eigenvalue weighted by Crippen LogP contribution is -2.30. The van der Waals surface area contributed by atoms with Gasteiger partial charge in [-0.05, 0) is 37.3 Å². The van der Waals surface area contributed by atoms with Gasteiger partial charge in [-0.25, -0.2) is 0 Å². The van der Waals surface area contributed by atoms with Crippen molar-refractivity contribution in [3.8, 4) is 22.7 Å². The third-order valence-corrected chi connectivity index (χ3v) is 4.97. The van der Waals surface area contributed by atoms with Crippen LogP contribution in [0.5, 0.6) is 5.75 Å². The highest BCUT2D eigenvalue weighted by molar-refractivity contribution is 6.38. The van der Waals surface area contributed by atoms with E-state index in [-0.39, 0.29) is 21.3 Å². The van der Waals surface area contributed by atoms with Gasteiger partial charge in [-0.15, -0.1) is 0 Å². The van der Waals surface area contributed by atoms with Crippen molar-refractivity contribution in [3.05, 3.63) is 62.9 Å². The Bertz CT molecular complexity index is 1060. The lowest BCUT2D eigenvalue weighted by atomic mass is 10.1. The van der Waals surface area contributed by atoms with E-state index < -0.39 is 0 Å². The molecule has 1 heterocycles. The molecule has 3 rings (SSSR count). The highest BCUT2D eigenvalue weighted by Crippen LogP contribution is 2.31. The molecule has 0 radical (unpaired) electrons. The summed E-state index contributed by atoms with van der Waals surface area (Å²) in [6.45, 7) is 2.60. The molecule has 28 heavy (non-hydrogen) atoms. The first-order valence-electron chi connectivity index (χ1n) is 8.60. The van der Waals surface area contributed by atoms with Gasteiger partial charge >= 0.3 is 0 Å². The zero-order valence-electron chi connectivity index (χ0n) is 15.7. The smallest absolute Gasteiger partial charge is 0.295 e. The van der Waals surface area contributed by atoms with Crippen LogP contribution in [-0.4, -0.2) is 30.5 Å². The minimum absolute atomic E-state index is 0.243. The Morgan fingerprint density at radius 1 is 1.18 bits per heavy atom. The summed E-state index contributed by atoms with van der Waals surface area (Å²) >= 11 is 12.7. The molecule has 0 amide bonds. The lowest BCUT2D eigenvalue weighted by Gasteiger charge is -2.19. The van der Waals surface area contributed by atoms with Crippen molar-refractivity contribution in [2.24, 2.45) is 0 Å². The van der Waals surface area contributed by atoms with Crippen molar-refractivity contribution in [1.29, 1.82) is 0 Å². The van der Waals surface area contributed by atoms with E-state index in [0.717, 1.165) is 5.56 Å². The first kappa shape index (κ1) is 20.0. The number of benzene rings is 2. The molecule has 0 spiro atoms. The summed E-state index contributed by atoms with van der Waals surface area (Å²) in [6.07, 6.45) is 0. The molecule has 6 nitrogen and oxygen atoms in total. The number of ether oxygens (including phenoxy) is 1. The fourth-order valence-corrected chi connectivity index (χ4v) is 3.45. The fraction of sp³-hybridized carbons (Fsp3) is 0.200. The molecule has 0 aliphatic heterocycles. The zero-order chi connectivity index (χ0) is 20.4. The molecular weight excluding hydrogens is 399 g/mol. The van der Waals surface area contributed by atoms with Crippen molar-refractivity contribution in [1.82, 2.24) is 9.78 Å². The second-order valence-corrected chi connectivity index (χ2v) is 7.03. The number of halogens is 2. The van der Waals surface area contributed by atoms with Crippen LogP contribution in [0.15, 0.2) is 47.3 Å². The molecule has 0 atom stereocenters. The van der Waals surface area contributed by atoms with Crippen LogP contribution in [0, 0.1) is 0 Å². The van der Waals surface area contributed by atoms with Gasteiger partial charge in [0.15, 0.2) is 0 Å². The molecule has 2 aromatic carbocycles. The van der Waals surface area contributed by atoms with Gasteiger partial charge < -0.3 is 15.4 Å². The number of hydrogen-bond acceptors (Lipinski definition) is 5. The van der Waals surface area contributed by atoms with Crippen LogP contribution in [0.1, 0.15) is 6.92 Å². The molecule has 1 aromatic heterocycles. The van der Waals surface area contributed by atoms with Gasteiger partial charge in [0.25, 0.3) is 5.56 Å². The summed E-state index contributed by atoms with van der Waals surface area (Å²) in [5.41, 5.74) is 8.01. The van der Waals surface area contributed by atoms with Gasteiger partial charge in [0, 0.05) is 24.8 Å². The first-order chi connectivity index (χ1) is 13.3. The first-order valence-corrected chi connectivity index (χ1v) is 9.36. The topological polar surface area (TPSA) is 73.4 Å². The van der Waals surface area contributed by atoms with Gasteiger partial charge in [-0.2, -0.15) is 9.78 Å². The highest BCUT2D eigenvalue weighted by Gasteiger charge is 2.18. The average molecular weight is 419 g/mol. The maximum absolute atomic E-state index is 13.2. The van der Waals surface area contributed by atoms with Crippen molar-refractivity contribution in [2.45, 2.75) is 6.92 Å². The van der Waals surface area contributed by atoms with Gasteiger partial charge in [0.1, 0.15) is 17.1 Å².